The number of ether oxygens (including phenoxy) is 2. The van der Waals surface area contributed by atoms with Gasteiger partial charge in [0.1, 0.15) is 16.4 Å². The standard InChI is InChI=1S/C28H25ClN2O4S/c1-17(2)20-12-11-18(3)23(14-20)34-16-25(32)31-30-15-19-7-6-8-21(13-19)35-28(33)27-26(29)22-9-4-5-10-24(22)36-27/h4-15,17H,16H2,1-3H3,(H,31,32)/b30-15-. The van der Waals surface area contributed by atoms with Gasteiger partial charge in [-0.25, -0.2) is 10.2 Å². The second-order valence-electron chi connectivity index (χ2n) is 8.46. The summed E-state index contributed by atoms with van der Waals surface area (Å²) in [5, 5.41) is 5.18. The first kappa shape index (κ1) is 25.4. The van der Waals surface area contributed by atoms with Crippen molar-refractivity contribution in [3.8, 4) is 11.5 Å². The van der Waals surface area contributed by atoms with Gasteiger partial charge in [0.05, 0.1) is 11.2 Å². The van der Waals surface area contributed by atoms with Crippen LogP contribution in [0.25, 0.3) is 10.1 Å². The van der Waals surface area contributed by atoms with E-state index in [1.54, 1.807) is 24.3 Å². The van der Waals surface area contributed by atoms with Gasteiger partial charge in [-0.3, -0.25) is 4.79 Å². The molecule has 0 radical (unpaired) electrons. The molecule has 8 heteroatoms. The fraction of sp³-hybridized carbons (Fsp3) is 0.179. The van der Waals surface area contributed by atoms with Crippen molar-refractivity contribution >= 4 is 51.1 Å². The van der Waals surface area contributed by atoms with Gasteiger partial charge in [-0.2, -0.15) is 5.10 Å². The molecule has 0 unspecified atom stereocenters. The Morgan fingerprint density at radius 1 is 1.08 bits per heavy atom. The van der Waals surface area contributed by atoms with Gasteiger partial charge in [0, 0.05) is 10.1 Å². The Bertz CT molecular complexity index is 1440. The first-order chi connectivity index (χ1) is 17.3. The molecule has 3 aromatic carbocycles. The van der Waals surface area contributed by atoms with E-state index in [1.165, 1.54) is 17.6 Å². The Hall–Kier alpha value is -3.68. The minimum atomic E-state index is -0.530. The highest BCUT2D eigenvalue weighted by Crippen LogP contribution is 2.35. The molecule has 0 spiro atoms. The minimum absolute atomic E-state index is 0.159. The summed E-state index contributed by atoms with van der Waals surface area (Å²) in [6.45, 7) is 5.98. The van der Waals surface area contributed by atoms with Crippen LogP contribution in [0.3, 0.4) is 0 Å². The average Bonchev–Trinajstić information content (AvgIpc) is 3.20. The van der Waals surface area contributed by atoms with Crippen LogP contribution in [0.5, 0.6) is 11.5 Å². The Morgan fingerprint density at radius 2 is 1.89 bits per heavy atom. The van der Waals surface area contributed by atoms with Crippen molar-refractivity contribution in [2.24, 2.45) is 5.10 Å². The lowest BCUT2D eigenvalue weighted by Crippen LogP contribution is -2.24. The molecule has 4 rings (SSSR count). The third kappa shape index (κ3) is 6.11. The van der Waals surface area contributed by atoms with Gasteiger partial charge in [0.25, 0.3) is 5.91 Å². The summed E-state index contributed by atoms with van der Waals surface area (Å²) in [6.07, 6.45) is 1.46. The van der Waals surface area contributed by atoms with Crippen molar-refractivity contribution < 1.29 is 19.1 Å². The third-order valence-electron chi connectivity index (χ3n) is 5.43. The van der Waals surface area contributed by atoms with E-state index in [-0.39, 0.29) is 12.5 Å². The van der Waals surface area contributed by atoms with Crippen molar-refractivity contribution in [2.45, 2.75) is 26.7 Å². The van der Waals surface area contributed by atoms with Crippen LogP contribution in [0.1, 0.15) is 46.1 Å². The topological polar surface area (TPSA) is 77.0 Å². The number of nitrogens with zero attached hydrogens (tertiary/aromatic N) is 1. The Morgan fingerprint density at radius 3 is 2.67 bits per heavy atom. The summed E-state index contributed by atoms with van der Waals surface area (Å²) in [5.41, 5.74) is 5.19. The lowest BCUT2D eigenvalue weighted by Gasteiger charge is -2.12. The lowest BCUT2D eigenvalue weighted by molar-refractivity contribution is -0.123. The number of carbonyl (C=O) groups excluding carboxylic acids is 2. The lowest BCUT2D eigenvalue weighted by atomic mass is 10.0. The first-order valence-electron chi connectivity index (χ1n) is 11.4. The van der Waals surface area contributed by atoms with Crippen LogP contribution in [0.15, 0.2) is 71.8 Å². The van der Waals surface area contributed by atoms with Crippen LogP contribution in [-0.2, 0) is 4.79 Å². The number of halogens is 1. The summed E-state index contributed by atoms with van der Waals surface area (Å²) >= 11 is 7.67. The van der Waals surface area contributed by atoms with Gasteiger partial charge in [-0.1, -0.05) is 67.9 Å². The number of carbonyl (C=O) groups is 2. The van der Waals surface area contributed by atoms with Crippen molar-refractivity contribution in [3.05, 3.63) is 93.3 Å². The van der Waals surface area contributed by atoms with Crippen molar-refractivity contribution in [2.75, 3.05) is 6.61 Å². The quantitative estimate of drug-likeness (QED) is 0.121. The largest absolute Gasteiger partial charge is 0.483 e. The van der Waals surface area contributed by atoms with E-state index < -0.39 is 5.97 Å². The molecule has 1 heterocycles. The molecule has 0 bridgehead atoms. The van der Waals surface area contributed by atoms with Gasteiger partial charge < -0.3 is 9.47 Å². The maximum atomic E-state index is 12.7. The van der Waals surface area contributed by atoms with Crippen LogP contribution in [-0.4, -0.2) is 24.7 Å². The molecule has 0 saturated heterocycles. The number of aryl methyl sites for hydroxylation is 1. The molecule has 0 saturated carbocycles. The van der Waals surface area contributed by atoms with Gasteiger partial charge in [0.15, 0.2) is 6.61 Å². The van der Waals surface area contributed by atoms with E-state index in [9.17, 15) is 9.59 Å². The van der Waals surface area contributed by atoms with E-state index in [2.05, 4.69) is 30.4 Å². The van der Waals surface area contributed by atoms with Crippen LogP contribution in [0, 0.1) is 6.92 Å². The van der Waals surface area contributed by atoms with Crippen LogP contribution in [0.2, 0.25) is 5.02 Å². The highest BCUT2D eigenvalue weighted by atomic mass is 35.5. The number of hydrazone groups is 1. The molecule has 36 heavy (non-hydrogen) atoms. The number of rotatable bonds is 8. The number of esters is 1. The van der Waals surface area contributed by atoms with Crippen molar-refractivity contribution in [1.82, 2.24) is 5.43 Å². The molecule has 1 amide bonds. The average molecular weight is 521 g/mol. The van der Waals surface area contributed by atoms with Crippen molar-refractivity contribution in [3.63, 3.8) is 0 Å². The van der Waals surface area contributed by atoms with E-state index in [4.69, 9.17) is 21.1 Å². The second-order valence-corrected chi connectivity index (χ2v) is 9.89. The number of benzene rings is 3. The molecule has 0 fully saturated rings. The number of hydrogen-bond acceptors (Lipinski definition) is 6. The van der Waals surface area contributed by atoms with E-state index >= 15 is 0 Å². The molecule has 1 N–H and O–H groups in total. The number of fused-ring (bicyclic) bond motifs is 1. The summed E-state index contributed by atoms with van der Waals surface area (Å²) in [7, 11) is 0. The third-order valence-corrected chi connectivity index (χ3v) is 7.08. The van der Waals surface area contributed by atoms with Gasteiger partial charge in [0.2, 0.25) is 0 Å². The first-order valence-corrected chi connectivity index (χ1v) is 12.6. The fourth-order valence-corrected chi connectivity index (χ4v) is 4.83. The monoisotopic (exact) mass is 520 g/mol. The van der Waals surface area contributed by atoms with E-state index in [0.29, 0.717) is 32.9 Å². The smallest absolute Gasteiger partial charge is 0.355 e. The molecule has 6 nitrogen and oxygen atoms in total. The molecule has 0 aliphatic rings. The van der Waals surface area contributed by atoms with Crippen LogP contribution >= 0.6 is 22.9 Å². The predicted octanol–water partition coefficient (Wildman–Crippen LogP) is 6.73. The van der Waals surface area contributed by atoms with Gasteiger partial charge in [-0.15, -0.1) is 11.3 Å². The van der Waals surface area contributed by atoms with E-state index in [1.807, 2.05) is 43.3 Å². The highest BCUT2D eigenvalue weighted by Gasteiger charge is 2.19. The normalized spacial score (nSPS) is 11.2. The molecule has 0 aliphatic heterocycles. The zero-order valence-corrected chi connectivity index (χ0v) is 21.7. The van der Waals surface area contributed by atoms with Gasteiger partial charge in [-0.05, 0) is 53.8 Å². The summed E-state index contributed by atoms with van der Waals surface area (Å²) in [5.74, 6) is 0.463. The minimum Gasteiger partial charge on any atom is -0.483 e. The highest BCUT2D eigenvalue weighted by molar-refractivity contribution is 7.21. The number of thiophene rings is 1. The Balaban J connectivity index is 1.33. The summed E-state index contributed by atoms with van der Waals surface area (Å²) in [4.78, 5) is 25.2. The fourth-order valence-electron chi connectivity index (χ4n) is 3.44. The molecule has 4 aromatic rings. The Labute approximate surface area is 218 Å². The molecular formula is C28H25ClN2O4S. The number of nitrogens with one attached hydrogen (secondary N) is 1. The Kier molecular flexibility index (Phi) is 8.03. The summed E-state index contributed by atoms with van der Waals surface area (Å²) < 4.78 is 12.1. The second kappa shape index (κ2) is 11.4. The molecule has 184 valence electrons. The molecular weight excluding hydrogens is 496 g/mol. The molecule has 0 atom stereocenters. The summed E-state index contributed by atoms with van der Waals surface area (Å²) in [6, 6.07) is 20.3. The zero-order chi connectivity index (χ0) is 25.7. The van der Waals surface area contributed by atoms with Crippen LogP contribution < -0.4 is 14.9 Å². The van der Waals surface area contributed by atoms with Gasteiger partial charge >= 0.3 is 5.97 Å². The SMILES string of the molecule is Cc1ccc(C(C)C)cc1OCC(=O)N/N=C\c1cccc(OC(=O)c2sc3ccccc3c2Cl)c1. The van der Waals surface area contributed by atoms with E-state index in [0.717, 1.165) is 21.2 Å². The zero-order valence-electron chi connectivity index (χ0n) is 20.1. The maximum Gasteiger partial charge on any atom is 0.355 e. The number of amides is 1. The number of hydrogen-bond donors (Lipinski definition) is 1. The molecule has 1 aromatic heterocycles. The van der Waals surface area contributed by atoms with Crippen LogP contribution in [0.4, 0.5) is 0 Å². The van der Waals surface area contributed by atoms with Crippen molar-refractivity contribution in [1.29, 1.82) is 0 Å². The molecule has 0 aliphatic carbocycles. The maximum absolute atomic E-state index is 12.7. The predicted molar refractivity (Wildman–Crippen MR) is 145 cm³/mol.